The zero-order valence-electron chi connectivity index (χ0n) is 11.4. The van der Waals surface area contributed by atoms with E-state index >= 15 is 0 Å². The van der Waals surface area contributed by atoms with Crippen LogP contribution in [0.4, 0.5) is 5.82 Å². The molecule has 0 bridgehead atoms. The van der Waals surface area contributed by atoms with Crippen molar-refractivity contribution in [3.63, 3.8) is 0 Å². The van der Waals surface area contributed by atoms with Crippen molar-refractivity contribution in [3.05, 3.63) is 22.4 Å². The Hall–Kier alpha value is -1.09. The van der Waals surface area contributed by atoms with Crippen molar-refractivity contribution in [3.8, 4) is 0 Å². The molecule has 0 saturated heterocycles. The number of nitrogens with zero attached hydrogens (tertiary/aromatic N) is 1. The van der Waals surface area contributed by atoms with Crippen LogP contribution in [0.5, 0.6) is 0 Å². The van der Waals surface area contributed by atoms with Crippen LogP contribution in [0.2, 0.25) is 0 Å². The van der Waals surface area contributed by atoms with Crippen LogP contribution in [-0.2, 0) is 19.4 Å². The molecule has 0 saturated carbocycles. The molecule has 17 heavy (non-hydrogen) atoms. The van der Waals surface area contributed by atoms with Crippen LogP contribution in [0.1, 0.15) is 49.6 Å². The lowest BCUT2D eigenvalue weighted by Gasteiger charge is -2.22. The van der Waals surface area contributed by atoms with Crippen LogP contribution in [-0.4, -0.2) is 10.5 Å². The van der Waals surface area contributed by atoms with Gasteiger partial charge in [-0.3, -0.25) is 0 Å². The van der Waals surface area contributed by atoms with Crippen molar-refractivity contribution in [1.82, 2.24) is 10.3 Å². The van der Waals surface area contributed by atoms with Crippen molar-refractivity contribution >= 4 is 5.82 Å². The molecule has 0 atom stereocenters. The molecule has 0 aromatic carbocycles. The molecule has 1 aliphatic rings. The van der Waals surface area contributed by atoms with Gasteiger partial charge in [0.15, 0.2) is 0 Å². The normalized spacial score (nSPS) is 15.1. The second-order valence-electron chi connectivity index (χ2n) is 5.98. The second kappa shape index (κ2) is 4.30. The molecular formula is C14H23N3. The Morgan fingerprint density at radius 1 is 1.29 bits per heavy atom. The Morgan fingerprint density at radius 3 is 2.65 bits per heavy atom. The first-order chi connectivity index (χ1) is 7.88. The summed E-state index contributed by atoms with van der Waals surface area (Å²) < 4.78 is 0. The minimum absolute atomic E-state index is 0.109. The molecule has 3 heteroatoms. The largest absolute Gasteiger partial charge is 0.383 e. The van der Waals surface area contributed by atoms with Gasteiger partial charge >= 0.3 is 0 Å². The summed E-state index contributed by atoms with van der Waals surface area (Å²) in [5.74, 6) is 0.708. The molecule has 1 heterocycles. The number of nitrogens with one attached hydrogen (secondary N) is 1. The quantitative estimate of drug-likeness (QED) is 0.824. The van der Waals surface area contributed by atoms with Crippen LogP contribution in [0.25, 0.3) is 0 Å². The number of rotatable bonds is 2. The highest BCUT2D eigenvalue weighted by Gasteiger charge is 2.20. The van der Waals surface area contributed by atoms with Gasteiger partial charge in [0.05, 0.1) is 0 Å². The summed E-state index contributed by atoms with van der Waals surface area (Å²) in [5, 5.41) is 3.49. The van der Waals surface area contributed by atoms with Gasteiger partial charge in [0, 0.05) is 23.3 Å². The van der Waals surface area contributed by atoms with Crippen molar-refractivity contribution < 1.29 is 0 Å². The number of nitrogens with two attached hydrogens (primary N) is 1. The fraction of sp³-hybridized carbons (Fsp3) is 0.643. The summed E-state index contributed by atoms with van der Waals surface area (Å²) in [5.41, 5.74) is 11.4. The van der Waals surface area contributed by atoms with Crippen molar-refractivity contribution in [1.29, 1.82) is 0 Å². The van der Waals surface area contributed by atoms with Crippen LogP contribution >= 0.6 is 0 Å². The fourth-order valence-electron chi connectivity index (χ4n) is 2.42. The number of hydrogen-bond donors (Lipinski definition) is 2. The van der Waals surface area contributed by atoms with Crippen molar-refractivity contribution in [2.45, 2.75) is 59.0 Å². The summed E-state index contributed by atoms with van der Waals surface area (Å²) in [6.45, 7) is 9.49. The number of fused-ring (bicyclic) bond motifs is 1. The van der Waals surface area contributed by atoms with Crippen molar-refractivity contribution in [2.75, 3.05) is 5.73 Å². The summed E-state index contributed by atoms with van der Waals surface area (Å²) in [4.78, 5) is 4.55. The highest BCUT2D eigenvalue weighted by Crippen LogP contribution is 2.28. The maximum Gasteiger partial charge on any atom is 0.128 e. The van der Waals surface area contributed by atoms with Gasteiger partial charge in [-0.05, 0) is 58.1 Å². The smallest absolute Gasteiger partial charge is 0.128 e. The Bertz CT molecular complexity index is 430. The first-order valence-corrected chi connectivity index (χ1v) is 6.40. The topological polar surface area (TPSA) is 50.9 Å². The summed E-state index contributed by atoms with van der Waals surface area (Å²) in [6.07, 6.45) is 3.48. The minimum atomic E-state index is 0.109. The van der Waals surface area contributed by atoms with Gasteiger partial charge in [-0.25, -0.2) is 4.98 Å². The molecule has 2 rings (SSSR count). The molecule has 0 aliphatic heterocycles. The summed E-state index contributed by atoms with van der Waals surface area (Å²) in [6, 6.07) is 0. The predicted molar refractivity (Wildman–Crippen MR) is 72.0 cm³/mol. The molecule has 1 aromatic rings. The molecule has 3 nitrogen and oxygen atoms in total. The van der Waals surface area contributed by atoms with Crippen molar-refractivity contribution in [2.24, 2.45) is 0 Å². The molecular weight excluding hydrogens is 210 g/mol. The third-order valence-corrected chi connectivity index (χ3v) is 3.45. The summed E-state index contributed by atoms with van der Waals surface area (Å²) >= 11 is 0. The maximum atomic E-state index is 6.07. The average molecular weight is 233 g/mol. The van der Waals surface area contributed by atoms with E-state index in [1.807, 2.05) is 0 Å². The lowest BCUT2D eigenvalue weighted by Crippen LogP contribution is -2.35. The Labute approximate surface area is 104 Å². The van der Waals surface area contributed by atoms with Gasteiger partial charge < -0.3 is 11.1 Å². The van der Waals surface area contributed by atoms with E-state index in [4.69, 9.17) is 5.73 Å². The Balaban J connectivity index is 2.28. The van der Waals surface area contributed by atoms with E-state index in [1.54, 1.807) is 0 Å². The van der Waals surface area contributed by atoms with Gasteiger partial charge in [0.2, 0.25) is 0 Å². The van der Waals surface area contributed by atoms with Gasteiger partial charge in [0.25, 0.3) is 0 Å². The molecule has 0 unspecified atom stereocenters. The molecule has 0 fully saturated rings. The molecule has 1 aliphatic carbocycles. The molecule has 0 amide bonds. The number of aryl methyl sites for hydroxylation is 1. The number of nitrogen functional groups attached to an aromatic ring is 1. The number of anilines is 1. The van der Waals surface area contributed by atoms with Crippen LogP contribution in [0.15, 0.2) is 0 Å². The van der Waals surface area contributed by atoms with E-state index in [2.05, 4.69) is 38.0 Å². The second-order valence-corrected chi connectivity index (χ2v) is 5.98. The highest BCUT2D eigenvalue weighted by atomic mass is 15.0. The first kappa shape index (κ1) is 12.4. The number of aromatic nitrogens is 1. The van der Waals surface area contributed by atoms with Gasteiger partial charge in [-0.1, -0.05) is 0 Å². The zero-order chi connectivity index (χ0) is 12.6. The van der Waals surface area contributed by atoms with E-state index in [1.165, 1.54) is 28.8 Å². The Morgan fingerprint density at radius 2 is 2.00 bits per heavy atom. The van der Waals surface area contributed by atoms with E-state index < -0.39 is 0 Å². The minimum Gasteiger partial charge on any atom is -0.383 e. The lowest BCUT2D eigenvalue weighted by molar-refractivity contribution is 0.424. The molecule has 0 radical (unpaired) electrons. The lowest BCUT2D eigenvalue weighted by atomic mass is 10.0. The standard InChI is InChI=1S/C14H23N3/c1-9-10-6-5-7-12(10)17-13(15)11(9)8-16-14(2,3)4/h16H,5-8H2,1-4H3,(H2,15,17). The van der Waals surface area contributed by atoms with E-state index in [0.717, 1.165) is 19.4 Å². The monoisotopic (exact) mass is 233 g/mol. The summed E-state index contributed by atoms with van der Waals surface area (Å²) in [7, 11) is 0. The van der Waals surface area contributed by atoms with E-state index in [-0.39, 0.29) is 5.54 Å². The van der Waals surface area contributed by atoms with Crippen LogP contribution < -0.4 is 11.1 Å². The molecule has 94 valence electrons. The van der Waals surface area contributed by atoms with Gasteiger partial charge in [0.1, 0.15) is 5.82 Å². The fourth-order valence-corrected chi connectivity index (χ4v) is 2.42. The van der Waals surface area contributed by atoms with E-state index in [9.17, 15) is 0 Å². The molecule has 3 N–H and O–H groups in total. The zero-order valence-corrected chi connectivity index (χ0v) is 11.4. The van der Waals surface area contributed by atoms with Crippen LogP contribution in [0.3, 0.4) is 0 Å². The SMILES string of the molecule is Cc1c(CNC(C)(C)C)c(N)nc2c1CCC2. The third kappa shape index (κ3) is 2.60. The average Bonchev–Trinajstić information content (AvgIpc) is 2.63. The highest BCUT2D eigenvalue weighted by molar-refractivity contribution is 5.51. The van der Waals surface area contributed by atoms with Gasteiger partial charge in [-0.15, -0.1) is 0 Å². The molecule has 1 aromatic heterocycles. The van der Waals surface area contributed by atoms with E-state index in [0.29, 0.717) is 5.82 Å². The number of pyridine rings is 1. The third-order valence-electron chi connectivity index (χ3n) is 3.45. The number of hydrogen-bond acceptors (Lipinski definition) is 3. The Kier molecular flexibility index (Phi) is 3.13. The van der Waals surface area contributed by atoms with Gasteiger partial charge in [-0.2, -0.15) is 0 Å². The molecule has 0 spiro atoms. The predicted octanol–water partition coefficient (Wildman–Crippen LogP) is 2.35. The first-order valence-electron chi connectivity index (χ1n) is 6.40. The van der Waals surface area contributed by atoms with Crippen LogP contribution in [0, 0.1) is 6.92 Å². The maximum absolute atomic E-state index is 6.07.